The normalized spacial score (nSPS) is 19.5. The lowest BCUT2D eigenvalue weighted by molar-refractivity contribution is 0.332. The Morgan fingerprint density at radius 3 is 1.49 bits per heavy atom. The highest BCUT2D eigenvalue weighted by atomic mass is 15.2. The van der Waals surface area contributed by atoms with Gasteiger partial charge in [-0.25, -0.2) is 0 Å². The Hall–Kier alpha value is -6.00. The lowest BCUT2D eigenvalue weighted by Crippen LogP contribution is -2.61. The second-order valence-corrected chi connectivity index (χ2v) is 28.5. The first kappa shape index (κ1) is 48.9. The van der Waals surface area contributed by atoms with Crippen LogP contribution in [-0.4, -0.2) is 6.71 Å². The number of nitrogens with zero attached hydrogens (tertiary/aromatic N) is 3. The second-order valence-electron chi connectivity index (χ2n) is 28.5. The maximum atomic E-state index is 2.75. The van der Waals surface area contributed by atoms with Crippen LogP contribution in [0.15, 0.2) is 127 Å². The van der Waals surface area contributed by atoms with Crippen molar-refractivity contribution in [3.05, 3.63) is 177 Å². The summed E-state index contributed by atoms with van der Waals surface area (Å²) in [4.78, 5) is 7.98. The zero-order chi connectivity index (χ0) is 52.6. The Kier molecular flexibility index (Phi) is 10.4. The van der Waals surface area contributed by atoms with Crippen molar-refractivity contribution in [3.63, 3.8) is 0 Å². The van der Waals surface area contributed by atoms with Gasteiger partial charge in [-0.1, -0.05) is 171 Å². The molecule has 7 aromatic rings. The van der Waals surface area contributed by atoms with Crippen LogP contribution >= 0.6 is 0 Å². The van der Waals surface area contributed by atoms with E-state index in [0.29, 0.717) is 0 Å². The molecule has 5 aliphatic rings. The summed E-state index contributed by atoms with van der Waals surface area (Å²) in [7, 11) is 0. The second kappa shape index (κ2) is 15.8. The minimum Gasteiger partial charge on any atom is -0.311 e. The van der Waals surface area contributed by atoms with E-state index < -0.39 is 0 Å². The summed E-state index contributed by atoms with van der Waals surface area (Å²) in [5.74, 6) is 0. The third-order valence-corrected chi connectivity index (χ3v) is 19.1. The van der Waals surface area contributed by atoms with E-state index in [1.807, 2.05) is 0 Å². The van der Waals surface area contributed by atoms with Gasteiger partial charge in [-0.2, -0.15) is 0 Å². The number of hydrogen-bond acceptors (Lipinski definition) is 3. The third-order valence-electron chi connectivity index (χ3n) is 19.1. The van der Waals surface area contributed by atoms with E-state index in [4.69, 9.17) is 0 Å². The zero-order valence-electron chi connectivity index (χ0n) is 47.9. The van der Waals surface area contributed by atoms with Gasteiger partial charge in [-0.15, -0.1) is 0 Å². The van der Waals surface area contributed by atoms with Crippen molar-refractivity contribution in [2.75, 3.05) is 14.7 Å². The average Bonchev–Trinajstić information content (AvgIpc) is 3.64. The van der Waals surface area contributed by atoms with Gasteiger partial charge in [0.1, 0.15) is 0 Å². The first-order valence-electron chi connectivity index (χ1n) is 27.9. The summed E-state index contributed by atoms with van der Waals surface area (Å²) in [5.41, 5.74) is 28.5. The molecule has 0 amide bonds. The molecule has 0 bridgehead atoms. The predicted molar refractivity (Wildman–Crippen MR) is 320 cm³/mol. The standard InChI is InChI=1S/C70H80BN3/c1-43-34-50-52(66(8,9)33-32-65(50,6)7)39-57(43)74-58-35-45(64(3,4)5)28-30-54(58)71-55-38-51-53(69(14,15)41-68(51,12)13)40-59(55)73(56-31-29-49-62(44(56)2)70(16,17)42-67(49,10)11)60-36-48(37-61(74)63(60)71)72(46-24-20-18-21-25-46)47-26-22-19-23-27-47/h18-31,34-40H,32-33,41-42H2,1-17H3. The molecule has 3 nitrogen and oxygen atoms in total. The summed E-state index contributed by atoms with van der Waals surface area (Å²) in [6.07, 6.45) is 4.58. The maximum Gasteiger partial charge on any atom is 0.252 e. The Morgan fingerprint density at radius 1 is 0.419 bits per heavy atom. The smallest absolute Gasteiger partial charge is 0.252 e. The van der Waals surface area contributed by atoms with Crippen LogP contribution < -0.4 is 31.1 Å². The lowest BCUT2D eigenvalue weighted by atomic mass is 9.33. The number of anilines is 9. The van der Waals surface area contributed by atoms with E-state index in [1.165, 1.54) is 107 Å². The van der Waals surface area contributed by atoms with Crippen LogP contribution in [0.2, 0.25) is 0 Å². The molecule has 0 atom stereocenters. The van der Waals surface area contributed by atoms with Crippen molar-refractivity contribution >= 4 is 74.3 Å². The molecule has 0 saturated carbocycles. The highest BCUT2D eigenvalue weighted by Gasteiger charge is 2.50. The monoisotopic (exact) mass is 974 g/mol. The van der Waals surface area contributed by atoms with Crippen molar-refractivity contribution in [2.45, 2.75) is 181 Å². The van der Waals surface area contributed by atoms with Gasteiger partial charge in [-0.3, -0.25) is 0 Å². The lowest BCUT2D eigenvalue weighted by Gasteiger charge is -2.47. The molecule has 2 aliphatic heterocycles. The summed E-state index contributed by atoms with van der Waals surface area (Å²) in [6.45, 7) is 41.7. The van der Waals surface area contributed by atoms with Crippen molar-refractivity contribution in [2.24, 2.45) is 0 Å². The fourth-order valence-corrected chi connectivity index (χ4v) is 15.8. The van der Waals surface area contributed by atoms with E-state index >= 15 is 0 Å². The number of aryl methyl sites for hydroxylation is 1. The van der Waals surface area contributed by atoms with Gasteiger partial charge in [-0.05, 0) is 205 Å². The third kappa shape index (κ3) is 7.19. The Balaban J connectivity index is 1.27. The van der Waals surface area contributed by atoms with Gasteiger partial charge < -0.3 is 14.7 Å². The fourth-order valence-electron chi connectivity index (χ4n) is 15.8. The summed E-state index contributed by atoms with van der Waals surface area (Å²) in [5, 5.41) is 0. The molecule has 0 spiro atoms. The highest BCUT2D eigenvalue weighted by Crippen LogP contribution is 2.58. The molecule has 0 N–H and O–H groups in total. The molecular weight excluding hydrogens is 894 g/mol. The molecule has 0 unspecified atom stereocenters. The molecule has 0 saturated heterocycles. The van der Waals surface area contributed by atoms with E-state index in [1.54, 1.807) is 0 Å². The predicted octanol–water partition coefficient (Wildman–Crippen LogP) is 17.4. The number of para-hydroxylation sites is 2. The van der Waals surface area contributed by atoms with Crippen LogP contribution in [0.5, 0.6) is 0 Å². The minimum absolute atomic E-state index is 0.00861. The molecule has 0 aromatic heterocycles. The van der Waals surface area contributed by atoms with Crippen LogP contribution in [0.25, 0.3) is 0 Å². The molecule has 3 aliphatic carbocycles. The molecule has 0 radical (unpaired) electrons. The first-order chi connectivity index (χ1) is 34.6. The van der Waals surface area contributed by atoms with Crippen molar-refractivity contribution < 1.29 is 0 Å². The van der Waals surface area contributed by atoms with Gasteiger partial charge in [0.2, 0.25) is 0 Å². The number of benzene rings is 7. The Morgan fingerprint density at radius 2 is 0.905 bits per heavy atom. The Labute approximate surface area is 445 Å². The van der Waals surface area contributed by atoms with Crippen LogP contribution in [0, 0.1) is 13.8 Å². The number of hydrogen-bond donors (Lipinski definition) is 0. The number of fused-ring (bicyclic) bond motifs is 7. The van der Waals surface area contributed by atoms with Gasteiger partial charge in [0, 0.05) is 45.5 Å². The van der Waals surface area contributed by atoms with Crippen molar-refractivity contribution in [1.29, 1.82) is 0 Å². The van der Waals surface area contributed by atoms with Gasteiger partial charge in [0.05, 0.1) is 5.69 Å². The van der Waals surface area contributed by atoms with Crippen molar-refractivity contribution in [1.82, 2.24) is 0 Å². The van der Waals surface area contributed by atoms with E-state index in [9.17, 15) is 0 Å². The quantitative estimate of drug-likeness (QED) is 0.159. The summed E-state index contributed by atoms with van der Waals surface area (Å²) in [6, 6.07) is 50.4. The van der Waals surface area contributed by atoms with Crippen molar-refractivity contribution in [3.8, 4) is 0 Å². The van der Waals surface area contributed by atoms with Crippen LogP contribution in [0.3, 0.4) is 0 Å². The first-order valence-corrected chi connectivity index (χ1v) is 27.9. The van der Waals surface area contributed by atoms with E-state index in [0.717, 1.165) is 36.3 Å². The topological polar surface area (TPSA) is 9.72 Å². The molecule has 4 heteroatoms. The molecule has 0 fully saturated rings. The largest absolute Gasteiger partial charge is 0.311 e. The van der Waals surface area contributed by atoms with Gasteiger partial charge >= 0.3 is 0 Å². The number of rotatable bonds is 5. The molecule has 2 heterocycles. The Bertz CT molecular complexity index is 3430. The van der Waals surface area contributed by atoms with E-state index in [-0.39, 0.29) is 44.6 Å². The molecule has 12 rings (SSSR count). The van der Waals surface area contributed by atoms with Crippen LogP contribution in [0.4, 0.5) is 51.2 Å². The molecule has 74 heavy (non-hydrogen) atoms. The zero-order valence-corrected chi connectivity index (χ0v) is 47.9. The van der Waals surface area contributed by atoms with Crippen LogP contribution in [0.1, 0.15) is 180 Å². The molecular formula is C70H80BN3. The SMILES string of the molecule is Cc1cc2c(cc1N1c3cc(C(C)(C)C)ccc3B3c4cc5c(cc4N(c4ccc6c(c4C)C(C)(C)CC6(C)C)c4cc(N(c6ccccc6)c6ccccc6)cc1c43)C(C)(C)CC5(C)C)C(C)(C)CCC2(C)C. The molecule has 7 aromatic carbocycles. The fraction of sp³-hybridized carbons (Fsp3) is 0.400. The average molecular weight is 974 g/mol. The maximum absolute atomic E-state index is 2.75. The summed E-state index contributed by atoms with van der Waals surface area (Å²) >= 11 is 0. The molecule has 378 valence electrons. The van der Waals surface area contributed by atoms with Gasteiger partial charge in [0.15, 0.2) is 0 Å². The minimum atomic E-state index is -0.0620. The van der Waals surface area contributed by atoms with E-state index in [2.05, 4.69) is 260 Å². The summed E-state index contributed by atoms with van der Waals surface area (Å²) < 4.78 is 0. The van der Waals surface area contributed by atoms with Gasteiger partial charge in [0.25, 0.3) is 6.71 Å². The highest BCUT2D eigenvalue weighted by molar-refractivity contribution is 7.00. The van der Waals surface area contributed by atoms with Crippen LogP contribution in [-0.2, 0) is 37.9 Å².